The number of para-hydroxylation sites is 1. The van der Waals surface area contributed by atoms with Gasteiger partial charge in [0, 0.05) is 22.7 Å². The predicted octanol–water partition coefficient (Wildman–Crippen LogP) is 4.09. The molecule has 0 saturated heterocycles. The minimum absolute atomic E-state index is 0.174. The van der Waals surface area contributed by atoms with Crippen LogP contribution >= 0.6 is 11.3 Å². The van der Waals surface area contributed by atoms with Gasteiger partial charge in [0.05, 0.1) is 16.6 Å². The first-order valence-electron chi connectivity index (χ1n) is 7.28. The van der Waals surface area contributed by atoms with Crippen molar-refractivity contribution in [1.82, 2.24) is 15.3 Å². The van der Waals surface area contributed by atoms with Crippen molar-refractivity contribution in [2.45, 2.75) is 26.3 Å². The second kappa shape index (κ2) is 6.33. The molecule has 0 saturated carbocycles. The van der Waals surface area contributed by atoms with Crippen molar-refractivity contribution in [3.8, 4) is 0 Å². The van der Waals surface area contributed by atoms with E-state index in [9.17, 15) is 0 Å². The minimum Gasteiger partial charge on any atom is -0.306 e. The van der Waals surface area contributed by atoms with E-state index in [2.05, 4.69) is 40.4 Å². The Balaban J connectivity index is 2.00. The number of benzene rings is 1. The second-order valence-corrected chi connectivity index (χ2v) is 6.40. The van der Waals surface area contributed by atoms with Crippen molar-refractivity contribution in [3.05, 3.63) is 58.2 Å². The van der Waals surface area contributed by atoms with Gasteiger partial charge in [0.25, 0.3) is 0 Å². The monoisotopic (exact) mass is 297 g/mol. The van der Waals surface area contributed by atoms with E-state index in [1.807, 2.05) is 31.5 Å². The first-order valence-corrected chi connectivity index (χ1v) is 8.10. The fraction of sp³-hybridized carbons (Fsp3) is 0.294. The average molecular weight is 297 g/mol. The van der Waals surface area contributed by atoms with Crippen LogP contribution in [-0.4, -0.2) is 16.5 Å². The molecule has 0 aliphatic carbocycles. The van der Waals surface area contributed by atoms with Crippen molar-refractivity contribution in [1.29, 1.82) is 0 Å². The number of aromatic nitrogens is 2. The standard InChI is InChI=1S/C17H19N3S/c1-3-8-18-17(16-11-19-12(2)21-16)14-9-13-6-4-5-7-15(13)20-10-14/h4-7,9-11,17-18H,3,8H2,1-2H3. The Morgan fingerprint density at radius 1 is 1.19 bits per heavy atom. The van der Waals surface area contributed by atoms with Crippen molar-refractivity contribution in [3.63, 3.8) is 0 Å². The van der Waals surface area contributed by atoms with E-state index >= 15 is 0 Å². The molecule has 108 valence electrons. The molecule has 4 heteroatoms. The van der Waals surface area contributed by atoms with E-state index in [0.717, 1.165) is 23.5 Å². The molecule has 0 radical (unpaired) electrons. The molecular weight excluding hydrogens is 278 g/mol. The zero-order valence-electron chi connectivity index (χ0n) is 12.3. The van der Waals surface area contributed by atoms with Gasteiger partial charge in [-0.1, -0.05) is 25.1 Å². The van der Waals surface area contributed by atoms with Gasteiger partial charge in [-0.05, 0) is 37.6 Å². The average Bonchev–Trinajstić information content (AvgIpc) is 2.94. The number of thiazole rings is 1. The highest BCUT2D eigenvalue weighted by atomic mass is 32.1. The molecule has 0 fully saturated rings. The van der Waals surface area contributed by atoms with E-state index in [-0.39, 0.29) is 6.04 Å². The maximum atomic E-state index is 4.59. The predicted molar refractivity (Wildman–Crippen MR) is 88.7 cm³/mol. The number of rotatable bonds is 5. The summed E-state index contributed by atoms with van der Waals surface area (Å²) in [6, 6.07) is 10.6. The van der Waals surface area contributed by atoms with Crippen LogP contribution in [0.1, 0.15) is 34.8 Å². The summed E-state index contributed by atoms with van der Waals surface area (Å²) in [6.07, 6.45) is 5.06. The number of pyridine rings is 1. The Bertz CT molecular complexity index is 735. The molecule has 1 unspecified atom stereocenters. The largest absolute Gasteiger partial charge is 0.306 e. The van der Waals surface area contributed by atoms with Gasteiger partial charge in [-0.15, -0.1) is 11.3 Å². The molecule has 3 aromatic rings. The molecule has 1 N–H and O–H groups in total. The number of aryl methyl sites for hydroxylation is 1. The summed E-state index contributed by atoms with van der Waals surface area (Å²) in [5.41, 5.74) is 2.24. The van der Waals surface area contributed by atoms with Crippen LogP contribution in [0.25, 0.3) is 10.9 Å². The normalized spacial score (nSPS) is 12.7. The highest BCUT2D eigenvalue weighted by molar-refractivity contribution is 7.11. The lowest BCUT2D eigenvalue weighted by Crippen LogP contribution is -2.22. The summed E-state index contributed by atoms with van der Waals surface area (Å²) in [5, 5.41) is 5.89. The van der Waals surface area contributed by atoms with Gasteiger partial charge < -0.3 is 5.32 Å². The van der Waals surface area contributed by atoms with E-state index in [4.69, 9.17) is 0 Å². The third kappa shape index (κ3) is 3.12. The maximum Gasteiger partial charge on any atom is 0.0897 e. The van der Waals surface area contributed by atoms with E-state index in [1.165, 1.54) is 15.8 Å². The molecule has 3 nitrogen and oxygen atoms in total. The quantitative estimate of drug-likeness (QED) is 0.771. The molecule has 0 amide bonds. The van der Waals surface area contributed by atoms with Crippen molar-refractivity contribution < 1.29 is 0 Å². The fourth-order valence-corrected chi connectivity index (χ4v) is 3.32. The molecule has 0 aliphatic rings. The van der Waals surface area contributed by atoms with Gasteiger partial charge >= 0.3 is 0 Å². The number of hydrogen-bond acceptors (Lipinski definition) is 4. The molecular formula is C17H19N3S. The van der Waals surface area contributed by atoms with Crippen LogP contribution in [0.4, 0.5) is 0 Å². The fourth-order valence-electron chi connectivity index (χ4n) is 2.43. The number of hydrogen-bond donors (Lipinski definition) is 1. The van der Waals surface area contributed by atoms with Crippen LogP contribution in [0.15, 0.2) is 42.7 Å². The van der Waals surface area contributed by atoms with Crippen LogP contribution in [0.3, 0.4) is 0 Å². The van der Waals surface area contributed by atoms with Crippen molar-refractivity contribution in [2.24, 2.45) is 0 Å². The third-order valence-corrected chi connectivity index (χ3v) is 4.44. The summed E-state index contributed by atoms with van der Waals surface area (Å²) in [7, 11) is 0. The Morgan fingerprint density at radius 3 is 2.81 bits per heavy atom. The van der Waals surface area contributed by atoms with Crippen LogP contribution in [-0.2, 0) is 0 Å². The van der Waals surface area contributed by atoms with Gasteiger partial charge in [0.1, 0.15) is 0 Å². The third-order valence-electron chi connectivity index (χ3n) is 3.47. The van der Waals surface area contributed by atoms with Gasteiger partial charge in [-0.2, -0.15) is 0 Å². The summed E-state index contributed by atoms with van der Waals surface area (Å²) < 4.78 is 0. The topological polar surface area (TPSA) is 37.8 Å². The zero-order valence-corrected chi connectivity index (χ0v) is 13.2. The Labute approximate surface area is 129 Å². The lowest BCUT2D eigenvalue weighted by atomic mass is 10.1. The Kier molecular flexibility index (Phi) is 4.27. The molecule has 2 heterocycles. The Morgan fingerprint density at radius 2 is 2.05 bits per heavy atom. The molecule has 1 aromatic carbocycles. The van der Waals surface area contributed by atoms with Gasteiger partial charge in [0.15, 0.2) is 0 Å². The second-order valence-electron chi connectivity index (χ2n) is 5.13. The molecule has 3 rings (SSSR count). The van der Waals surface area contributed by atoms with E-state index in [1.54, 1.807) is 11.3 Å². The van der Waals surface area contributed by atoms with Gasteiger partial charge in [0.2, 0.25) is 0 Å². The lowest BCUT2D eigenvalue weighted by Gasteiger charge is -2.17. The number of nitrogens with zero attached hydrogens (tertiary/aromatic N) is 2. The van der Waals surface area contributed by atoms with Crippen LogP contribution in [0.5, 0.6) is 0 Å². The molecule has 2 aromatic heterocycles. The Hall–Kier alpha value is -1.78. The summed E-state index contributed by atoms with van der Waals surface area (Å²) in [6.45, 7) is 5.21. The van der Waals surface area contributed by atoms with Crippen LogP contribution in [0, 0.1) is 6.92 Å². The van der Waals surface area contributed by atoms with Gasteiger partial charge in [-0.25, -0.2) is 4.98 Å². The summed E-state index contributed by atoms with van der Waals surface area (Å²) in [5.74, 6) is 0. The first kappa shape index (κ1) is 14.2. The van der Waals surface area contributed by atoms with Crippen LogP contribution in [0.2, 0.25) is 0 Å². The summed E-state index contributed by atoms with van der Waals surface area (Å²) in [4.78, 5) is 10.2. The summed E-state index contributed by atoms with van der Waals surface area (Å²) >= 11 is 1.75. The highest BCUT2D eigenvalue weighted by Crippen LogP contribution is 2.28. The molecule has 21 heavy (non-hydrogen) atoms. The SMILES string of the molecule is CCCNC(c1cnc2ccccc2c1)c1cnc(C)s1. The number of fused-ring (bicyclic) bond motifs is 1. The van der Waals surface area contributed by atoms with Gasteiger partial charge in [-0.3, -0.25) is 4.98 Å². The molecule has 0 bridgehead atoms. The smallest absolute Gasteiger partial charge is 0.0897 e. The van der Waals surface area contributed by atoms with Crippen LogP contribution < -0.4 is 5.32 Å². The van der Waals surface area contributed by atoms with Crippen molar-refractivity contribution in [2.75, 3.05) is 6.54 Å². The van der Waals surface area contributed by atoms with E-state index < -0.39 is 0 Å². The minimum atomic E-state index is 0.174. The first-order chi connectivity index (χ1) is 10.3. The number of nitrogens with one attached hydrogen (secondary N) is 1. The maximum absolute atomic E-state index is 4.59. The highest BCUT2D eigenvalue weighted by Gasteiger charge is 2.16. The molecule has 0 spiro atoms. The van der Waals surface area contributed by atoms with E-state index in [0.29, 0.717) is 0 Å². The zero-order chi connectivity index (χ0) is 14.7. The molecule has 0 aliphatic heterocycles. The van der Waals surface area contributed by atoms with Crippen molar-refractivity contribution >= 4 is 22.2 Å². The lowest BCUT2D eigenvalue weighted by molar-refractivity contribution is 0.604. The molecule has 1 atom stereocenters.